The molecule has 0 atom stereocenters. The number of oxazole rings is 1. The van der Waals surface area contributed by atoms with Crippen molar-refractivity contribution in [1.29, 1.82) is 0 Å². The molecule has 0 unspecified atom stereocenters. The molecule has 1 aromatic heterocycles. The highest BCUT2D eigenvalue weighted by Crippen LogP contribution is 2.24. The van der Waals surface area contributed by atoms with Gasteiger partial charge in [0.25, 0.3) is 6.01 Å². The Hall–Kier alpha value is -1.81. The number of hydrogen-bond acceptors (Lipinski definition) is 4. The summed E-state index contributed by atoms with van der Waals surface area (Å²) < 4.78 is 5.18. The first-order valence-electron chi connectivity index (χ1n) is 4.73. The average Bonchev–Trinajstić information content (AvgIpc) is 2.58. The standard InChI is InChI=1S/C11H13N3O/c1-7-10(14-11(13)15-7)9-4-2-3-8(5-9)6-12/h2-5H,6,12H2,1H3,(H2,13,14). The van der Waals surface area contributed by atoms with Crippen LogP contribution in [0.1, 0.15) is 11.3 Å². The number of benzene rings is 1. The quantitative estimate of drug-likeness (QED) is 0.778. The van der Waals surface area contributed by atoms with Crippen LogP contribution in [-0.2, 0) is 6.54 Å². The minimum absolute atomic E-state index is 0.195. The van der Waals surface area contributed by atoms with Crippen LogP contribution >= 0.6 is 0 Å². The molecule has 1 aromatic carbocycles. The van der Waals surface area contributed by atoms with E-state index in [0.29, 0.717) is 6.54 Å². The molecule has 2 aromatic rings. The number of rotatable bonds is 2. The zero-order chi connectivity index (χ0) is 10.8. The van der Waals surface area contributed by atoms with Gasteiger partial charge >= 0.3 is 0 Å². The number of hydrogen-bond donors (Lipinski definition) is 2. The summed E-state index contributed by atoms with van der Waals surface area (Å²) in [5.41, 5.74) is 13.9. The lowest BCUT2D eigenvalue weighted by atomic mass is 10.1. The summed E-state index contributed by atoms with van der Waals surface area (Å²) in [6, 6.07) is 8.07. The van der Waals surface area contributed by atoms with Crippen LogP contribution < -0.4 is 11.5 Å². The summed E-state index contributed by atoms with van der Waals surface area (Å²) in [6.45, 7) is 2.36. The molecule has 4 nitrogen and oxygen atoms in total. The number of nitrogens with zero attached hydrogens (tertiary/aromatic N) is 1. The van der Waals surface area contributed by atoms with Crippen molar-refractivity contribution in [3.63, 3.8) is 0 Å². The summed E-state index contributed by atoms with van der Waals surface area (Å²) in [4.78, 5) is 4.13. The van der Waals surface area contributed by atoms with E-state index in [1.165, 1.54) is 0 Å². The molecule has 15 heavy (non-hydrogen) atoms. The van der Waals surface area contributed by atoms with Gasteiger partial charge in [-0.25, -0.2) is 0 Å². The molecule has 78 valence electrons. The molecule has 1 heterocycles. The molecular weight excluding hydrogens is 190 g/mol. The van der Waals surface area contributed by atoms with Gasteiger partial charge in [0.2, 0.25) is 0 Å². The van der Waals surface area contributed by atoms with E-state index in [4.69, 9.17) is 15.9 Å². The Kier molecular flexibility index (Phi) is 2.43. The summed E-state index contributed by atoms with van der Waals surface area (Å²) in [5, 5.41) is 0. The van der Waals surface area contributed by atoms with Crippen LogP contribution in [0.5, 0.6) is 0 Å². The molecule has 0 fully saturated rings. The molecule has 0 spiro atoms. The number of anilines is 1. The molecule has 4 heteroatoms. The third kappa shape index (κ3) is 1.85. The van der Waals surface area contributed by atoms with E-state index in [2.05, 4.69) is 4.98 Å². The number of nitrogen functional groups attached to an aromatic ring is 1. The van der Waals surface area contributed by atoms with Gasteiger partial charge in [-0.2, -0.15) is 4.98 Å². The van der Waals surface area contributed by atoms with E-state index in [0.717, 1.165) is 22.6 Å². The molecule has 0 saturated carbocycles. The second-order valence-electron chi connectivity index (χ2n) is 3.36. The highest BCUT2D eigenvalue weighted by atomic mass is 16.4. The van der Waals surface area contributed by atoms with Crippen LogP contribution in [0.3, 0.4) is 0 Å². The second kappa shape index (κ2) is 3.74. The van der Waals surface area contributed by atoms with Crippen molar-refractivity contribution in [2.45, 2.75) is 13.5 Å². The van der Waals surface area contributed by atoms with Gasteiger partial charge in [0.05, 0.1) is 0 Å². The monoisotopic (exact) mass is 203 g/mol. The van der Waals surface area contributed by atoms with E-state index < -0.39 is 0 Å². The average molecular weight is 203 g/mol. The van der Waals surface area contributed by atoms with E-state index >= 15 is 0 Å². The van der Waals surface area contributed by atoms with Crippen LogP contribution in [0.25, 0.3) is 11.3 Å². The van der Waals surface area contributed by atoms with E-state index in [-0.39, 0.29) is 6.01 Å². The fourth-order valence-corrected chi connectivity index (χ4v) is 1.53. The van der Waals surface area contributed by atoms with Crippen LogP contribution in [0.4, 0.5) is 6.01 Å². The molecule has 0 aliphatic rings. The largest absolute Gasteiger partial charge is 0.429 e. The van der Waals surface area contributed by atoms with Gasteiger partial charge in [0.1, 0.15) is 11.5 Å². The predicted molar refractivity (Wildman–Crippen MR) is 59.0 cm³/mol. The fraction of sp³-hybridized carbons (Fsp3) is 0.182. The molecule has 0 aliphatic carbocycles. The van der Waals surface area contributed by atoms with Gasteiger partial charge in [0.15, 0.2) is 0 Å². The Morgan fingerprint density at radius 2 is 2.20 bits per heavy atom. The molecule has 0 saturated heterocycles. The Balaban J connectivity index is 2.49. The van der Waals surface area contributed by atoms with Gasteiger partial charge in [-0.3, -0.25) is 0 Å². The molecule has 0 aliphatic heterocycles. The highest BCUT2D eigenvalue weighted by molar-refractivity contribution is 5.63. The van der Waals surface area contributed by atoms with Crippen molar-refractivity contribution in [3.05, 3.63) is 35.6 Å². The molecule has 4 N–H and O–H groups in total. The fourth-order valence-electron chi connectivity index (χ4n) is 1.53. The lowest BCUT2D eigenvalue weighted by molar-refractivity contribution is 0.549. The molecule has 2 rings (SSSR count). The van der Waals surface area contributed by atoms with Crippen LogP contribution in [0, 0.1) is 6.92 Å². The maximum Gasteiger partial charge on any atom is 0.292 e. The maximum atomic E-state index is 5.57. The van der Waals surface area contributed by atoms with Crippen molar-refractivity contribution < 1.29 is 4.42 Å². The minimum Gasteiger partial charge on any atom is -0.429 e. The summed E-state index contributed by atoms with van der Waals surface area (Å²) >= 11 is 0. The summed E-state index contributed by atoms with van der Waals surface area (Å²) in [5.74, 6) is 0.724. The first kappa shape index (κ1) is 9.73. The van der Waals surface area contributed by atoms with Gasteiger partial charge in [-0.1, -0.05) is 18.2 Å². The number of aromatic nitrogens is 1. The lowest BCUT2D eigenvalue weighted by Gasteiger charge is -2.00. The van der Waals surface area contributed by atoms with Crippen molar-refractivity contribution in [2.75, 3.05) is 5.73 Å². The summed E-state index contributed by atoms with van der Waals surface area (Å²) in [7, 11) is 0. The second-order valence-corrected chi connectivity index (χ2v) is 3.36. The van der Waals surface area contributed by atoms with Gasteiger partial charge < -0.3 is 15.9 Å². The van der Waals surface area contributed by atoms with E-state index in [1.807, 2.05) is 31.2 Å². The zero-order valence-corrected chi connectivity index (χ0v) is 8.53. The SMILES string of the molecule is Cc1oc(N)nc1-c1cccc(CN)c1. The Bertz CT molecular complexity index is 476. The Morgan fingerprint density at radius 3 is 2.80 bits per heavy atom. The van der Waals surface area contributed by atoms with Crippen molar-refractivity contribution in [2.24, 2.45) is 5.73 Å². The smallest absolute Gasteiger partial charge is 0.292 e. The van der Waals surface area contributed by atoms with Crippen molar-refractivity contribution in [1.82, 2.24) is 4.98 Å². The Morgan fingerprint density at radius 1 is 1.40 bits per heavy atom. The van der Waals surface area contributed by atoms with Crippen LogP contribution in [-0.4, -0.2) is 4.98 Å². The third-order valence-corrected chi connectivity index (χ3v) is 2.25. The highest BCUT2D eigenvalue weighted by Gasteiger charge is 2.09. The van der Waals surface area contributed by atoms with Crippen LogP contribution in [0.15, 0.2) is 28.7 Å². The summed E-state index contributed by atoms with van der Waals surface area (Å²) in [6.07, 6.45) is 0. The molecular formula is C11H13N3O. The predicted octanol–water partition coefficient (Wildman–Crippen LogP) is 1.69. The molecule has 0 bridgehead atoms. The minimum atomic E-state index is 0.195. The van der Waals surface area contributed by atoms with Crippen molar-refractivity contribution >= 4 is 6.01 Å². The lowest BCUT2D eigenvalue weighted by Crippen LogP contribution is -1.96. The molecule has 0 amide bonds. The van der Waals surface area contributed by atoms with Gasteiger partial charge in [0, 0.05) is 12.1 Å². The van der Waals surface area contributed by atoms with Gasteiger partial charge in [-0.15, -0.1) is 0 Å². The number of nitrogens with two attached hydrogens (primary N) is 2. The van der Waals surface area contributed by atoms with Crippen LogP contribution in [0.2, 0.25) is 0 Å². The molecule has 0 radical (unpaired) electrons. The normalized spacial score (nSPS) is 10.5. The van der Waals surface area contributed by atoms with E-state index in [1.54, 1.807) is 0 Å². The topological polar surface area (TPSA) is 78.1 Å². The third-order valence-electron chi connectivity index (χ3n) is 2.25. The van der Waals surface area contributed by atoms with Crippen molar-refractivity contribution in [3.8, 4) is 11.3 Å². The van der Waals surface area contributed by atoms with Gasteiger partial charge in [-0.05, 0) is 18.6 Å². The first-order valence-corrected chi connectivity index (χ1v) is 4.73. The maximum absolute atomic E-state index is 5.57. The first-order chi connectivity index (χ1) is 7.20. The Labute approximate surface area is 87.9 Å². The van der Waals surface area contributed by atoms with E-state index in [9.17, 15) is 0 Å². The zero-order valence-electron chi connectivity index (χ0n) is 8.53. The number of aryl methyl sites for hydroxylation is 1.